The minimum Gasteiger partial charge on any atom is -0.467 e. The summed E-state index contributed by atoms with van der Waals surface area (Å²) in [6.45, 7) is 9.79. The lowest BCUT2D eigenvalue weighted by atomic mass is 10.0. The monoisotopic (exact) mass is 420 g/mol. The SMILES string of the molecule is Cc1ccc(Cl)cc1NC(=S)N(CCC[NH+]1CCCC(C)C1)Cc1ccco1. The second-order valence-electron chi connectivity index (χ2n) is 7.95. The zero-order chi connectivity index (χ0) is 19.9. The van der Waals surface area contributed by atoms with Gasteiger partial charge in [0.1, 0.15) is 5.76 Å². The number of hydrogen-bond acceptors (Lipinski definition) is 2. The first-order valence-electron chi connectivity index (χ1n) is 10.2. The third-order valence-electron chi connectivity index (χ3n) is 5.48. The Balaban J connectivity index is 1.60. The highest BCUT2D eigenvalue weighted by molar-refractivity contribution is 7.80. The average Bonchev–Trinajstić information content (AvgIpc) is 3.17. The topological polar surface area (TPSA) is 32.9 Å². The lowest BCUT2D eigenvalue weighted by Gasteiger charge is -2.30. The number of aryl methyl sites for hydroxylation is 1. The zero-order valence-corrected chi connectivity index (χ0v) is 18.4. The van der Waals surface area contributed by atoms with E-state index in [1.807, 2.05) is 30.3 Å². The number of piperidine rings is 1. The molecular weight excluding hydrogens is 390 g/mol. The van der Waals surface area contributed by atoms with E-state index in [0.717, 1.165) is 35.9 Å². The number of furan rings is 1. The predicted molar refractivity (Wildman–Crippen MR) is 120 cm³/mol. The summed E-state index contributed by atoms with van der Waals surface area (Å²) < 4.78 is 5.56. The molecule has 2 unspecified atom stereocenters. The summed E-state index contributed by atoms with van der Waals surface area (Å²) in [5, 5.41) is 4.80. The van der Waals surface area contributed by atoms with Crippen molar-refractivity contribution in [3.63, 3.8) is 0 Å². The fraction of sp³-hybridized carbons (Fsp3) is 0.500. The average molecular weight is 421 g/mol. The molecule has 1 aromatic heterocycles. The first kappa shape index (κ1) is 21.2. The highest BCUT2D eigenvalue weighted by atomic mass is 35.5. The van der Waals surface area contributed by atoms with Crippen molar-refractivity contribution in [1.29, 1.82) is 0 Å². The van der Waals surface area contributed by atoms with Gasteiger partial charge in [0.2, 0.25) is 0 Å². The Bertz CT molecular complexity index is 765. The number of nitrogens with one attached hydrogen (secondary N) is 2. The number of anilines is 1. The van der Waals surface area contributed by atoms with Gasteiger partial charge in [-0.1, -0.05) is 24.6 Å². The smallest absolute Gasteiger partial charge is 0.173 e. The molecule has 0 amide bonds. The van der Waals surface area contributed by atoms with Gasteiger partial charge in [-0.25, -0.2) is 0 Å². The van der Waals surface area contributed by atoms with Gasteiger partial charge in [-0.2, -0.15) is 0 Å². The quantitative estimate of drug-likeness (QED) is 0.659. The lowest BCUT2D eigenvalue weighted by Crippen LogP contribution is -3.13. The van der Waals surface area contributed by atoms with Crippen LogP contribution in [0.25, 0.3) is 0 Å². The van der Waals surface area contributed by atoms with Crippen molar-refractivity contribution < 1.29 is 9.32 Å². The third kappa shape index (κ3) is 6.23. The summed E-state index contributed by atoms with van der Waals surface area (Å²) in [5.74, 6) is 1.77. The maximum Gasteiger partial charge on any atom is 0.173 e. The van der Waals surface area contributed by atoms with Crippen LogP contribution in [-0.2, 0) is 6.54 Å². The molecule has 2 N–H and O–H groups in total. The van der Waals surface area contributed by atoms with E-state index in [0.29, 0.717) is 16.7 Å². The Morgan fingerprint density at radius 3 is 3.00 bits per heavy atom. The molecule has 1 aromatic carbocycles. The van der Waals surface area contributed by atoms with E-state index in [1.165, 1.54) is 32.5 Å². The van der Waals surface area contributed by atoms with Gasteiger partial charge in [0.25, 0.3) is 0 Å². The van der Waals surface area contributed by atoms with Gasteiger partial charge < -0.3 is 19.5 Å². The van der Waals surface area contributed by atoms with E-state index in [9.17, 15) is 0 Å². The molecule has 152 valence electrons. The van der Waals surface area contributed by atoms with Crippen molar-refractivity contribution in [1.82, 2.24) is 4.90 Å². The standard InChI is InChI=1S/C22H30ClN3OS/c1-17-6-3-10-25(15-17)11-5-12-26(16-20-7-4-13-27-20)22(28)24-21-14-19(23)9-8-18(21)2/h4,7-9,13-14,17H,3,5-6,10-12,15-16H2,1-2H3,(H,24,28)/p+1. The molecule has 1 aliphatic heterocycles. The van der Waals surface area contributed by atoms with Gasteiger partial charge in [0, 0.05) is 29.6 Å². The summed E-state index contributed by atoms with van der Waals surface area (Å²) in [4.78, 5) is 3.92. The molecule has 0 aliphatic carbocycles. The van der Waals surface area contributed by atoms with Gasteiger partial charge in [-0.3, -0.25) is 0 Å². The number of rotatable bonds is 7. The maximum atomic E-state index is 6.16. The minimum atomic E-state index is 0.671. The summed E-state index contributed by atoms with van der Waals surface area (Å²) in [7, 11) is 0. The van der Waals surface area contributed by atoms with Crippen LogP contribution in [0.4, 0.5) is 5.69 Å². The molecule has 0 saturated carbocycles. The van der Waals surface area contributed by atoms with Gasteiger partial charge in [0.05, 0.1) is 32.4 Å². The van der Waals surface area contributed by atoms with Crippen molar-refractivity contribution in [2.24, 2.45) is 5.92 Å². The Morgan fingerprint density at radius 2 is 2.25 bits per heavy atom. The van der Waals surface area contributed by atoms with Gasteiger partial charge in [-0.05, 0) is 61.8 Å². The normalized spacial score (nSPS) is 19.4. The largest absolute Gasteiger partial charge is 0.467 e. The number of nitrogens with zero attached hydrogens (tertiary/aromatic N) is 1. The summed E-state index contributed by atoms with van der Waals surface area (Å²) in [6, 6.07) is 9.74. The highest BCUT2D eigenvalue weighted by Crippen LogP contribution is 2.21. The summed E-state index contributed by atoms with van der Waals surface area (Å²) >= 11 is 11.9. The van der Waals surface area contributed by atoms with E-state index >= 15 is 0 Å². The number of thiocarbonyl (C=S) groups is 1. The van der Waals surface area contributed by atoms with Crippen LogP contribution in [0.15, 0.2) is 41.0 Å². The predicted octanol–water partition coefficient (Wildman–Crippen LogP) is 4.15. The Kier molecular flexibility index (Phi) is 7.77. The van der Waals surface area contributed by atoms with E-state index in [2.05, 4.69) is 24.1 Å². The van der Waals surface area contributed by atoms with E-state index < -0.39 is 0 Å². The van der Waals surface area contributed by atoms with E-state index in [4.69, 9.17) is 28.2 Å². The second-order valence-corrected chi connectivity index (χ2v) is 8.77. The van der Waals surface area contributed by atoms with Gasteiger partial charge >= 0.3 is 0 Å². The van der Waals surface area contributed by atoms with Crippen LogP contribution in [0.3, 0.4) is 0 Å². The fourth-order valence-corrected chi connectivity index (χ4v) is 4.35. The van der Waals surface area contributed by atoms with Crippen molar-refractivity contribution in [3.05, 3.63) is 52.9 Å². The number of likely N-dealkylation sites (tertiary alicyclic amines) is 1. The molecular formula is C22H31ClN3OS+. The minimum absolute atomic E-state index is 0.671. The molecule has 2 atom stereocenters. The molecule has 2 heterocycles. The highest BCUT2D eigenvalue weighted by Gasteiger charge is 2.20. The van der Waals surface area contributed by atoms with Crippen LogP contribution in [-0.4, -0.2) is 36.2 Å². The molecule has 6 heteroatoms. The van der Waals surface area contributed by atoms with Crippen molar-refractivity contribution in [2.75, 3.05) is 31.5 Å². The molecule has 2 aromatic rings. The number of benzene rings is 1. The Hall–Kier alpha value is -1.56. The molecule has 0 bridgehead atoms. The molecule has 28 heavy (non-hydrogen) atoms. The van der Waals surface area contributed by atoms with Gasteiger partial charge in [0.15, 0.2) is 5.11 Å². The molecule has 1 saturated heterocycles. The van der Waals surface area contributed by atoms with Crippen LogP contribution >= 0.6 is 23.8 Å². The van der Waals surface area contributed by atoms with Crippen LogP contribution in [0.2, 0.25) is 5.02 Å². The van der Waals surface area contributed by atoms with Crippen molar-refractivity contribution in [2.45, 2.75) is 39.7 Å². The lowest BCUT2D eigenvalue weighted by molar-refractivity contribution is -0.908. The zero-order valence-electron chi connectivity index (χ0n) is 16.8. The molecule has 3 rings (SSSR count). The summed E-state index contributed by atoms with van der Waals surface area (Å²) in [6.07, 6.45) is 5.55. The first-order chi connectivity index (χ1) is 13.5. The second kappa shape index (κ2) is 10.3. The van der Waals surface area contributed by atoms with E-state index in [1.54, 1.807) is 11.2 Å². The fourth-order valence-electron chi connectivity index (χ4n) is 3.91. The van der Waals surface area contributed by atoms with Crippen LogP contribution in [0.1, 0.15) is 37.5 Å². The molecule has 1 aliphatic rings. The van der Waals surface area contributed by atoms with Crippen molar-refractivity contribution in [3.8, 4) is 0 Å². The Morgan fingerprint density at radius 1 is 1.39 bits per heavy atom. The molecule has 1 fully saturated rings. The van der Waals surface area contributed by atoms with Crippen LogP contribution in [0.5, 0.6) is 0 Å². The van der Waals surface area contributed by atoms with Gasteiger partial charge in [-0.15, -0.1) is 0 Å². The Labute approximate surface area is 178 Å². The van der Waals surface area contributed by atoms with Crippen LogP contribution in [0, 0.1) is 12.8 Å². The summed E-state index contributed by atoms with van der Waals surface area (Å²) in [5.41, 5.74) is 2.08. The van der Waals surface area contributed by atoms with Crippen LogP contribution < -0.4 is 10.2 Å². The number of halogens is 1. The van der Waals surface area contributed by atoms with Crippen molar-refractivity contribution >= 4 is 34.6 Å². The first-order valence-corrected chi connectivity index (χ1v) is 11.0. The number of quaternary nitrogens is 1. The molecule has 4 nitrogen and oxygen atoms in total. The number of hydrogen-bond donors (Lipinski definition) is 2. The maximum absolute atomic E-state index is 6.16. The van der Waals surface area contributed by atoms with E-state index in [-0.39, 0.29) is 0 Å². The molecule has 0 spiro atoms. The third-order valence-corrected chi connectivity index (χ3v) is 6.07. The molecule has 0 radical (unpaired) electrons.